The van der Waals surface area contributed by atoms with Crippen LogP contribution < -0.4 is 0 Å². The summed E-state index contributed by atoms with van der Waals surface area (Å²) in [6.45, 7) is 2.92. The Morgan fingerprint density at radius 2 is 1.88 bits per heavy atom. The lowest BCUT2D eigenvalue weighted by molar-refractivity contribution is 0.246. The van der Waals surface area contributed by atoms with Crippen LogP contribution in [0.1, 0.15) is 36.4 Å². The summed E-state index contributed by atoms with van der Waals surface area (Å²) in [5.74, 6) is 0.988. The molecule has 0 saturated carbocycles. The Balaban J connectivity index is 1.57. The molecule has 0 aliphatic carbocycles. The van der Waals surface area contributed by atoms with E-state index in [2.05, 4.69) is 39.3 Å². The van der Waals surface area contributed by atoms with Crippen molar-refractivity contribution < 1.29 is 9.63 Å². The summed E-state index contributed by atoms with van der Waals surface area (Å²) in [4.78, 5) is 4.52. The van der Waals surface area contributed by atoms with E-state index < -0.39 is 0 Å². The van der Waals surface area contributed by atoms with Crippen LogP contribution in [-0.2, 0) is 6.61 Å². The predicted octanol–water partition coefficient (Wildman–Crippen LogP) is 3.40. The molecule has 0 radical (unpaired) electrons. The fourth-order valence-corrected chi connectivity index (χ4v) is 3.16. The van der Waals surface area contributed by atoms with Crippen LogP contribution in [0.15, 0.2) is 64.2 Å². The lowest BCUT2D eigenvalue weighted by Crippen LogP contribution is -2.18. The van der Waals surface area contributed by atoms with E-state index in [1.54, 1.807) is 0 Å². The molecule has 2 aromatic carbocycles. The maximum Gasteiger partial charge on any atom is 0.274 e. The van der Waals surface area contributed by atoms with Crippen LogP contribution in [0, 0.1) is 0 Å². The molecule has 26 heavy (non-hydrogen) atoms. The summed E-state index contributed by atoms with van der Waals surface area (Å²) in [5.41, 5.74) is 3.74. The van der Waals surface area contributed by atoms with Gasteiger partial charge in [-0.2, -0.15) is 10.1 Å². The van der Waals surface area contributed by atoms with Crippen molar-refractivity contribution in [1.29, 1.82) is 0 Å². The van der Waals surface area contributed by atoms with Crippen LogP contribution in [0.2, 0.25) is 0 Å². The highest BCUT2D eigenvalue weighted by Gasteiger charge is 2.30. The maximum absolute atomic E-state index is 9.14. The number of aromatic nitrogens is 2. The van der Waals surface area contributed by atoms with Gasteiger partial charge in [-0.15, -0.1) is 0 Å². The fourth-order valence-electron chi connectivity index (χ4n) is 3.16. The Bertz CT molecular complexity index is 903. The van der Waals surface area contributed by atoms with Gasteiger partial charge in [0, 0.05) is 18.5 Å². The van der Waals surface area contributed by atoms with Crippen molar-refractivity contribution in [2.45, 2.75) is 26.0 Å². The molecule has 1 unspecified atom stereocenters. The van der Waals surface area contributed by atoms with E-state index >= 15 is 0 Å². The first-order chi connectivity index (χ1) is 12.8. The number of hydrogen-bond donors (Lipinski definition) is 1. The van der Waals surface area contributed by atoms with Crippen molar-refractivity contribution in [2.75, 3.05) is 6.54 Å². The number of nitrogens with zero attached hydrogens (tertiary/aromatic N) is 4. The largest absolute Gasteiger partial charge is 0.392 e. The summed E-state index contributed by atoms with van der Waals surface area (Å²) >= 11 is 0. The molecule has 6 nitrogen and oxygen atoms in total. The molecule has 3 aromatic rings. The van der Waals surface area contributed by atoms with E-state index in [4.69, 9.17) is 9.63 Å². The molecular formula is C20H20N4O2. The van der Waals surface area contributed by atoms with Crippen LogP contribution in [0.3, 0.4) is 0 Å². The van der Waals surface area contributed by atoms with Crippen molar-refractivity contribution in [2.24, 2.45) is 5.10 Å². The van der Waals surface area contributed by atoms with Crippen molar-refractivity contribution >= 4 is 5.71 Å². The molecule has 1 aromatic heterocycles. The van der Waals surface area contributed by atoms with Crippen molar-refractivity contribution in [3.05, 3.63) is 71.6 Å². The van der Waals surface area contributed by atoms with E-state index in [0.717, 1.165) is 29.8 Å². The van der Waals surface area contributed by atoms with E-state index in [0.29, 0.717) is 11.7 Å². The maximum atomic E-state index is 9.14. The number of aliphatic hydroxyl groups excluding tert-OH is 1. The van der Waals surface area contributed by atoms with Crippen LogP contribution in [0.4, 0.5) is 0 Å². The highest BCUT2D eigenvalue weighted by Crippen LogP contribution is 2.32. The van der Waals surface area contributed by atoms with Gasteiger partial charge >= 0.3 is 0 Å². The molecular weight excluding hydrogens is 328 g/mol. The molecule has 4 rings (SSSR count). The molecule has 0 saturated heterocycles. The minimum atomic E-state index is 0.0162. The Morgan fingerprint density at radius 3 is 2.58 bits per heavy atom. The van der Waals surface area contributed by atoms with Crippen LogP contribution in [-0.4, -0.2) is 32.5 Å². The number of hydrazone groups is 1. The summed E-state index contributed by atoms with van der Waals surface area (Å²) in [7, 11) is 0. The lowest BCUT2D eigenvalue weighted by Gasteiger charge is -2.21. The van der Waals surface area contributed by atoms with Gasteiger partial charge < -0.3 is 9.63 Å². The highest BCUT2D eigenvalue weighted by atomic mass is 16.5. The quantitative estimate of drug-likeness (QED) is 0.765. The SMILES string of the molecule is CCN1N=C(c2nc(-c3ccc(CO)cc3)no2)CC1c1ccccc1. The normalized spacial score (nSPS) is 16.8. The minimum Gasteiger partial charge on any atom is -0.392 e. The third-order valence-corrected chi connectivity index (χ3v) is 4.57. The number of hydrogen-bond acceptors (Lipinski definition) is 6. The first kappa shape index (κ1) is 16.5. The van der Waals surface area contributed by atoms with E-state index in [9.17, 15) is 0 Å². The average molecular weight is 348 g/mol. The van der Waals surface area contributed by atoms with E-state index in [1.807, 2.05) is 42.5 Å². The van der Waals surface area contributed by atoms with Gasteiger partial charge in [0.1, 0.15) is 5.71 Å². The molecule has 6 heteroatoms. The molecule has 2 heterocycles. The van der Waals surface area contributed by atoms with E-state index in [1.165, 1.54) is 5.56 Å². The Labute approximate surface area is 151 Å². The standard InChI is InChI=1S/C20H20N4O2/c1-2-24-18(15-6-4-3-5-7-15)12-17(22-24)20-21-19(23-26-20)16-10-8-14(13-25)9-11-16/h3-11,18,25H,2,12-13H2,1H3. The van der Waals surface area contributed by atoms with Gasteiger partial charge in [-0.1, -0.05) is 59.8 Å². The topological polar surface area (TPSA) is 74.8 Å². The summed E-state index contributed by atoms with van der Waals surface area (Å²) in [6, 6.07) is 18.0. The van der Waals surface area contributed by atoms with Gasteiger partial charge in [-0.25, -0.2) is 0 Å². The summed E-state index contributed by atoms with van der Waals surface area (Å²) in [6.07, 6.45) is 0.739. The van der Waals surface area contributed by atoms with Crippen LogP contribution in [0.5, 0.6) is 0 Å². The Kier molecular flexibility index (Phi) is 4.50. The second-order valence-corrected chi connectivity index (χ2v) is 6.21. The van der Waals surface area contributed by atoms with Gasteiger partial charge in [0.05, 0.1) is 12.6 Å². The van der Waals surface area contributed by atoms with Crippen LogP contribution >= 0.6 is 0 Å². The molecule has 0 fully saturated rings. The minimum absolute atomic E-state index is 0.0162. The number of rotatable bonds is 5. The smallest absolute Gasteiger partial charge is 0.274 e. The zero-order chi connectivity index (χ0) is 17.9. The monoisotopic (exact) mass is 348 g/mol. The summed E-state index contributed by atoms with van der Waals surface area (Å²) < 4.78 is 5.47. The summed E-state index contributed by atoms with van der Waals surface area (Å²) in [5, 5.41) is 20.0. The first-order valence-electron chi connectivity index (χ1n) is 8.71. The first-order valence-corrected chi connectivity index (χ1v) is 8.71. The molecule has 0 amide bonds. The average Bonchev–Trinajstić information content (AvgIpc) is 3.36. The Morgan fingerprint density at radius 1 is 1.12 bits per heavy atom. The Hall–Kier alpha value is -2.99. The molecule has 132 valence electrons. The van der Waals surface area contributed by atoms with Gasteiger partial charge in [-0.05, 0) is 18.1 Å². The molecule has 1 atom stereocenters. The van der Waals surface area contributed by atoms with Gasteiger partial charge in [0.2, 0.25) is 5.82 Å². The van der Waals surface area contributed by atoms with Crippen LogP contribution in [0.25, 0.3) is 11.4 Å². The second kappa shape index (κ2) is 7.09. The molecule has 0 spiro atoms. The van der Waals surface area contributed by atoms with Crippen molar-refractivity contribution in [3.63, 3.8) is 0 Å². The third-order valence-electron chi connectivity index (χ3n) is 4.57. The molecule has 1 aliphatic heterocycles. The fraction of sp³-hybridized carbons (Fsp3) is 0.250. The molecule has 1 N–H and O–H groups in total. The van der Waals surface area contributed by atoms with Gasteiger partial charge in [0.25, 0.3) is 5.89 Å². The van der Waals surface area contributed by atoms with Gasteiger partial charge in [-0.3, -0.25) is 5.01 Å². The number of benzene rings is 2. The van der Waals surface area contributed by atoms with Crippen molar-refractivity contribution in [3.8, 4) is 11.4 Å². The van der Waals surface area contributed by atoms with Crippen molar-refractivity contribution in [1.82, 2.24) is 15.1 Å². The third kappa shape index (κ3) is 3.11. The second-order valence-electron chi connectivity index (χ2n) is 6.21. The molecule has 1 aliphatic rings. The van der Waals surface area contributed by atoms with Gasteiger partial charge in [0.15, 0.2) is 0 Å². The number of aliphatic hydroxyl groups is 1. The molecule has 0 bridgehead atoms. The zero-order valence-electron chi connectivity index (χ0n) is 14.5. The van der Waals surface area contributed by atoms with E-state index in [-0.39, 0.29) is 12.6 Å². The predicted molar refractivity (Wildman–Crippen MR) is 98.4 cm³/mol. The highest BCUT2D eigenvalue weighted by molar-refractivity contribution is 5.98. The zero-order valence-corrected chi connectivity index (χ0v) is 14.5. The lowest BCUT2D eigenvalue weighted by atomic mass is 10.0.